The highest BCUT2D eigenvalue weighted by Gasteiger charge is 2.03. The average molecular weight is 306 g/mol. The Labute approximate surface area is 130 Å². The molecule has 2 aromatic rings. The normalized spacial score (nSPS) is 10.8. The Hall–Kier alpha value is -1.53. The van der Waals surface area contributed by atoms with E-state index < -0.39 is 0 Å². The van der Waals surface area contributed by atoms with Crippen LogP contribution < -0.4 is 10.1 Å². The maximum absolute atomic E-state index is 5.81. The van der Waals surface area contributed by atoms with Crippen LogP contribution in [-0.2, 0) is 13.1 Å². The Kier molecular flexibility index (Phi) is 6.56. The van der Waals surface area contributed by atoms with Crippen molar-refractivity contribution in [3.05, 3.63) is 36.2 Å². The van der Waals surface area contributed by atoms with Crippen LogP contribution in [0.1, 0.15) is 19.0 Å². The standard InChI is InChI=1S/C15H22N4OS/c1-3-8-16-11-13-12-19(18-17-13)9-10-20-14-6-4-5-7-15(14)21-2/h4-7,12,16H,3,8-11H2,1-2H3. The van der Waals surface area contributed by atoms with Crippen LogP contribution in [0.25, 0.3) is 0 Å². The molecule has 0 aliphatic rings. The Morgan fingerprint density at radius 3 is 3.00 bits per heavy atom. The minimum absolute atomic E-state index is 0.586. The Bertz CT molecular complexity index is 544. The molecule has 1 aromatic carbocycles. The van der Waals surface area contributed by atoms with Crippen molar-refractivity contribution >= 4 is 11.8 Å². The molecule has 5 nitrogen and oxygen atoms in total. The molecular formula is C15H22N4OS. The van der Waals surface area contributed by atoms with Crippen LogP contribution in [0.5, 0.6) is 5.75 Å². The van der Waals surface area contributed by atoms with Crippen molar-refractivity contribution in [3.8, 4) is 5.75 Å². The van der Waals surface area contributed by atoms with Crippen molar-refractivity contribution in [3.63, 3.8) is 0 Å². The number of nitrogens with one attached hydrogen (secondary N) is 1. The third-order valence-electron chi connectivity index (χ3n) is 2.97. The summed E-state index contributed by atoms with van der Waals surface area (Å²) in [6.07, 6.45) is 5.14. The van der Waals surface area contributed by atoms with Crippen molar-refractivity contribution < 1.29 is 4.74 Å². The number of para-hydroxylation sites is 1. The maximum Gasteiger partial charge on any atom is 0.132 e. The first kappa shape index (κ1) is 15.9. The van der Waals surface area contributed by atoms with E-state index >= 15 is 0 Å². The van der Waals surface area contributed by atoms with E-state index in [4.69, 9.17) is 4.74 Å². The van der Waals surface area contributed by atoms with Gasteiger partial charge in [0.15, 0.2) is 0 Å². The Morgan fingerprint density at radius 2 is 2.19 bits per heavy atom. The summed E-state index contributed by atoms with van der Waals surface area (Å²) in [5, 5.41) is 11.6. The van der Waals surface area contributed by atoms with Crippen LogP contribution in [0.4, 0.5) is 0 Å². The Balaban J connectivity index is 1.78. The highest BCUT2D eigenvalue weighted by atomic mass is 32.2. The predicted molar refractivity (Wildman–Crippen MR) is 85.7 cm³/mol. The number of nitrogens with zero attached hydrogens (tertiary/aromatic N) is 3. The van der Waals surface area contributed by atoms with Gasteiger partial charge in [-0.05, 0) is 31.4 Å². The zero-order valence-electron chi connectivity index (χ0n) is 12.6. The highest BCUT2D eigenvalue weighted by Crippen LogP contribution is 2.26. The molecule has 0 radical (unpaired) electrons. The topological polar surface area (TPSA) is 52.0 Å². The second-order valence-corrected chi connectivity index (χ2v) is 5.50. The van der Waals surface area contributed by atoms with Gasteiger partial charge in [-0.25, -0.2) is 4.68 Å². The average Bonchev–Trinajstić information content (AvgIpc) is 2.96. The van der Waals surface area contributed by atoms with Gasteiger partial charge < -0.3 is 10.1 Å². The smallest absolute Gasteiger partial charge is 0.132 e. The van der Waals surface area contributed by atoms with E-state index in [2.05, 4.69) is 34.9 Å². The first-order valence-electron chi connectivity index (χ1n) is 7.19. The van der Waals surface area contributed by atoms with Crippen LogP contribution in [0.15, 0.2) is 35.4 Å². The minimum atomic E-state index is 0.586. The van der Waals surface area contributed by atoms with E-state index in [1.54, 1.807) is 11.8 Å². The van der Waals surface area contributed by atoms with Crippen LogP contribution in [0.3, 0.4) is 0 Å². The molecule has 6 heteroatoms. The van der Waals surface area contributed by atoms with Gasteiger partial charge >= 0.3 is 0 Å². The Morgan fingerprint density at radius 1 is 1.33 bits per heavy atom. The first-order valence-corrected chi connectivity index (χ1v) is 8.41. The molecule has 0 aliphatic heterocycles. The van der Waals surface area contributed by atoms with Gasteiger partial charge in [0, 0.05) is 17.6 Å². The monoisotopic (exact) mass is 306 g/mol. The third kappa shape index (κ3) is 5.06. The first-order chi connectivity index (χ1) is 10.3. The number of hydrogen-bond acceptors (Lipinski definition) is 5. The summed E-state index contributed by atoms with van der Waals surface area (Å²) < 4.78 is 7.64. The summed E-state index contributed by atoms with van der Waals surface area (Å²) >= 11 is 1.69. The fourth-order valence-corrected chi connectivity index (χ4v) is 2.45. The van der Waals surface area contributed by atoms with Gasteiger partial charge in [0.1, 0.15) is 12.4 Å². The lowest BCUT2D eigenvalue weighted by atomic mass is 10.3. The van der Waals surface area contributed by atoms with Gasteiger partial charge in [-0.15, -0.1) is 16.9 Å². The van der Waals surface area contributed by atoms with Crippen molar-refractivity contribution in [2.75, 3.05) is 19.4 Å². The van der Waals surface area contributed by atoms with Crippen LogP contribution >= 0.6 is 11.8 Å². The zero-order valence-corrected chi connectivity index (χ0v) is 13.4. The third-order valence-corrected chi connectivity index (χ3v) is 3.74. The molecule has 0 aliphatic carbocycles. The molecule has 2 rings (SSSR count). The molecule has 0 saturated carbocycles. The molecular weight excluding hydrogens is 284 g/mol. The summed E-state index contributed by atoms with van der Waals surface area (Å²) in [6, 6.07) is 8.06. The summed E-state index contributed by atoms with van der Waals surface area (Å²) in [6.45, 7) is 5.20. The van der Waals surface area contributed by atoms with Gasteiger partial charge in [-0.3, -0.25) is 0 Å². The molecule has 0 atom stereocenters. The molecule has 21 heavy (non-hydrogen) atoms. The lowest BCUT2D eigenvalue weighted by Crippen LogP contribution is -2.14. The van der Waals surface area contributed by atoms with Crippen molar-refractivity contribution in [2.24, 2.45) is 0 Å². The van der Waals surface area contributed by atoms with E-state index in [1.165, 1.54) is 0 Å². The van der Waals surface area contributed by atoms with Gasteiger partial charge in [0.25, 0.3) is 0 Å². The maximum atomic E-state index is 5.81. The van der Waals surface area contributed by atoms with Crippen molar-refractivity contribution in [1.29, 1.82) is 0 Å². The zero-order chi connectivity index (χ0) is 14.9. The molecule has 1 N–H and O–H groups in total. The van der Waals surface area contributed by atoms with Gasteiger partial charge in [-0.2, -0.15) is 0 Å². The molecule has 1 heterocycles. The molecule has 1 aromatic heterocycles. The second-order valence-electron chi connectivity index (χ2n) is 4.65. The van der Waals surface area contributed by atoms with Crippen LogP contribution in [0, 0.1) is 0 Å². The summed E-state index contributed by atoms with van der Waals surface area (Å²) in [4.78, 5) is 1.15. The fourth-order valence-electron chi connectivity index (χ4n) is 1.91. The van der Waals surface area contributed by atoms with Crippen LogP contribution in [0.2, 0.25) is 0 Å². The van der Waals surface area contributed by atoms with Gasteiger partial charge in [-0.1, -0.05) is 24.3 Å². The largest absolute Gasteiger partial charge is 0.490 e. The summed E-state index contributed by atoms with van der Waals surface area (Å²) in [5.41, 5.74) is 0.966. The highest BCUT2D eigenvalue weighted by molar-refractivity contribution is 7.98. The molecule has 0 amide bonds. The van der Waals surface area contributed by atoms with Crippen LogP contribution in [-0.4, -0.2) is 34.4 Å². The van der Waals surface area contributed by atoms with E-state index in [-0.39, 0.29) is 0 Å². The van der Waals surface area contributed by atoms with Crippen molar-refractivity contribution in [1.82, 2.24) is 20.3 Å². The number of ether oxygens (including phenoxy) is 1. The van der Waals surface area contributed by atoms with E-state index in [0.29, 0.717) is 13.2 Å². The molecule has 0 unspecified atom stereocenters. The van der Waals surface area contributed by atoms with E-state index in [0.717, 1.165) is 35.8 Å². The fraction of sp³-hybridized carbons (Fsp3) is 0.467. The number of benzene rings is 1. The minimum Gasteiger partial charge on any atom is -0.490 e. The van der Waals surface area contributed by atoms with E-state index in [1.807, 2.05) is 29.1 Å². The number of rotatable bonds is 9. The van der Waals surface area contributed by atoms with Gasteiger partial charge in [0.05, 0.1) is 12.2 Å². The molecule has 0 saturated heterocycles. The number of aromatic nitrogens is 3. The quantitative estimate of drug-likeness (QED) is 0.570. The molecule has 0 bridgehead atoms. The molecule has 0 spiro atoms. The number of hydrogen-bond donors (Lipinski definition) is 1. The lowest BCUT2D eigenvalue weighted by molar-refractivity contribution is 0.283. The second kappa shape index (κ2) is 8.69. The van der Waals surface area contributed by atoms with Gasteiger partial charge in [0.2, 0.25) is 0 Å². The lowest BCUT2D eigenvalue weighted by Gasteiger charge is -2.09. The summed E-state index contributed by atoms with van der Waals surface area (Å²) in [5.74, 6) is 0.926. The van der Waals surface area contributed by atoms with Crippen molar-refractivity contribution in [2.45, 2.75) is 31.3 Å². The van der Waals surface area contributed by atoms with E-state index in [9.17, 15) is 0 Å². The number of thioether (sulfide) groups is 1. The SMILES string of the molecule is CCCNCc1cn(CCOc2ccccc2SC)nn1. The predicted octanol–water partition coefficient (Wildman–Crippen LogP) is 2.58. The molecule has 0 fully saturated rings. The molecule has 114 valence electrons. The summed E-state index contributed by atoms with van der Waals surface area (Å²) in [7, 11) is 0.